The second-order valence-corrected chi connectivity index (χ2v) is 7.24. The monoisotopic (exact) mass is 390 g/mol. The molecular formula is C18H19BrN2O3. The van der Waals surface area contributed by atoms with E-state index in [-0.39, 0.29) is 18.5 Å². The number of aliphatic carboxylic acids is 1. The van der Waals surface area contributed by atoms with E-state index in [4.69, 9.17) is 0 Å². The van der Waals surface area contributed by atoms with Crippen LogP contribution in [0.4, 0.5) is 0 Å². The third kappa shape index (κ3) is 2.98. The van der Waals surface area contributed by atoms with Crippen LogP contribution in [0.5, 0.6) is 0 Å². The Bertz CT molecular complexity index is 797. The number of carboxylic acids is 1. The van der Waals surface area contributed by atoms with E-state index in [1.807, 2.05) is 48.9 Å². The first-order valence-electron chi connectivity index (χ1n) is 7.85. The van der Waals surface area contributed by atoms with Gasteiger partial charge in [0.2, 0.25) is 0 Å². The lowest BCUT2D eigenvalue weighted by Gasteiger charge is -2.33. The number of fused-ring (bicyclic) bond motifs is 1. The smallest absolute Gasteiger partial charge is 0.312 e. The van der Waals surface area contributed by atoms with Crippen LogP contribution < -0.4 is 0 Å². The van der Waals surface area contributed by atoms with E-state index in [0.717, 1.165) is 15.6 Å². The highest BCUT2D eigenvalue weighted by Crippen LogP contribution is 2.30. The van der Waals surface area contributed by atoms with Crippen molar-refractivity contribution in [1.29, 1.82) is 0 Å². The van der Waals surface area contributed by atoms with Crippen molar-refractivity contribution in [2.45, 2.75) is 32.4 Å². The van der Waals surface area contributed by atoms with Gasteiger partial charge in [-0.3, -0.25) is 9.59 Å². The number of amides is 1. The summed E-state index contributed by atoms with van der Waals surface area (Å²) < 4.78 is 2.75. The average molecular weight is 391 g/mol. The predicted octanol–water partition coefficient (Wildman–Crippen LogP) is 3.66. The van der Waals surface area contributed by atoms with Gasteiger partial charge in [-0.2, -0.15) is 0 Å². The standard InChI is InChI=1S/C18H19BrN2O3/c1-11(2)21-9-13(19)7-16(21)17(22)20-8-12-5-3-4-6-14(12)15(10-20)18(23)24/h3-7,9,11,15H,8,10H2,1-2H3,(H,23,24). The summed E-state index contributed by atoms with van der Waals surface area (Å²) in [5.41, 5.74) is 2.26. The van der Waals surface area contributed by atoms with Gasteiger partial charge in [-0.05, 0) is 47.0 Å². The van der Waals surface area contributed by atoms with Crippen molar-refractivity contribution in [3.63, 3.8) is 0 Å². The van der Waals surface area contributed by atoms with Gasteiger partial charge in [-0.15, -0.1) is 0 Å². The fraction of sp³-hybridized carbons (Fsp3) is 0.333. The van der Waals surface area contributed by atoms with Crippen molar-refractivity contribution in [1.82, 2.24) is 9.47 Å². The summed E-state index contributed by atoms with van der Waals surface area (Å²) in [5, 5.41) is 9.55. The number of hydrogen-bond donors (Lipinski definition) is 1. The van der Waals surface area contributed by atoms with E-state index in [1.165, 1.54) is 0 Å². The fourth-order valence-corrected chi connectivity index (χ4v) is 3.62. The molecular weight excluding hydrogens is 372 g/mol. The van der Waals surface area contributed by atoms with E-state index in [0.29, 0.717) is 12.2 Å². The quantitative estimate of drug-likeness (QED) is 0.869. The zero-order valence-electron chi connectivity index (χ0n) is 13.6. The maximum absolute atomic E-state index is 13.0. The summed E-state index contributed by atoms with van der Waals surface area (Å²) in [7, 11) is 0. The molecule has 2 aromatic rings. The summed E-state index contributed by atoms with van der Waals surface area (Å²) in [6, 6.07) is 9.37. The Hall–Kier alpha value is -2.08. The molecule has 0 aliphatic carbocycles. The Kier molecular flexibility index (Phi) is 4.49. The number of rotatable bonds is 3. The molecule has 1 N–H and O–H groups in total. The topological polar surface area (TPSA) is 62.5 Å². The van der Waals surface area contributed by atoms with E-state index in [9.17, 15) is 14.7 Å². The van der Waals surface area contributed by atoms with Crippen LogP contribution in [0.25, 0.3) is 0 Å². The van der Waals surface area contributed by atoms with E-state index in [2.05, 4.69) is 15.9 Å². The van der Waals surface area contributed by atoms with Gasteiger partial charge in [0.05, 0.1) is 5.92 Å². The lowest BCUT2D eigenvalue weighted by atomic mass is 9.89. The van der Waals surface area contributed by atoms with Crippen LogP contribution in [0.1, 0.15) is 47.4 Å². The molecule has 126 valence electrons. The second-order valence-electron chi connectivity index (χ2n) is 6.32. The molecule has 1 atom stereocenters. The normalized spacial score (nSPS) is 17.0. The molecule has 1 aliphatic rings. The van der Waals surface area contributed by atoms with Crippen LogP contribution in [0.15, 0.2) is 41.0 Å². The van der Waals surface area contributed by atoms with Gasteiger partial charge in [-0.25, -0.2) is 0 Å². The minimum Gasteiger partial charge on any atom is -0.481 e. The van der Waals surface area contributed by atoms with Crippen molar-refractivity contribution < 1.29 is 14.7 Å². The van der Waals surface area contributed by atoms with Crippen LogP contribution in [0.3, 0.4) is 0 Å². The van der Waals surface area contributed by atoms with Crippen molar-refractivity contribution >= 4 is 27.8 Å². The molecule has 0 saturated carbocycles. The molecule has 3 rings (SSSR count). The molecule has 24 heavy (non-hydrogen) atoms. The molecule has 0 spiro atoms. The van der Waals surface area contributed by atoms with Gasteiger partial charge < -0.3 is 14.6 Å². The highest BCUT2D eigenvalue weighted by molar-refractivity contribution is 9.10. The number of hydrogen-bond acceptors (Lipinski definition) is 2. The minimum absolute atomic E-state index is 0.141. The van der Waals surface area contributed by atoms with E-state index >= 15 is 0 Å². The first-order valence-corrected chi connectivity index (χ1v) is 8.65. The molecule has 5 nitrogen and oxygen atoms in total. The number of carboxylic acid groups (broad SMARTS) is 1. The third-order valence-electron chi connectivity index (χ3n) is 4.37. The lowest BCUT2D eigenvalue weighted by molar-refractivity contribution is -0.139. The lowest BCUT2D eigenvalue weighted by Crippen LogP contribution is -2.41. The number of aromatic nitrogens is 1. The van der Waals surface area contributed by atoms with Gasteiger partial charge in [0.15, 0.2) is 0 Å². The van der Waals surface area contributed by atoms with Crippen molar-refractivity contribution in [2.24, 2.45) is 0 Å². The molecule has 0 radical (unpaired) electrons. The minimum atomic E-state index is -0.902. The van der Waals surface area contributed by atoms with Crippen molar-refractivity contribution in [3.05, 3.63) is 57.8 Å². The Balaban J connectivity index is 1.96. The van der Waals surface area contributed by atoms with Gasteiger partial charge in [-0.1, -0.05) is 24.3 Å². The third-order valence-corrected chi connectivity index (χ3v) is 4.80. The van der Waals surface area contributed by atoms with Crippen molar-refractivity contribution in [2.75, 3.05) is 6.54 Å². The molecule has 1 amide bonds. The zero-order chi connectivity index (χ0) is 17.4. The maximum Gasteiger partial charge on any atom is 0.312 e. The first-order chi connectivity index (χ1) is 11.4. The number of carbonyl (C=O) groups excluding carboxylic acids is 1. The SMILES string of the molecule is CC(C)n1cc(Br)cc1C(=O)N1Cc2ccccc2C(C(=O)O)C1. The molecule has 2 heterocycles. The predicted molar refractivity (Wildman–Crippen MR) is 94.1 cm³/mol. The molecule has 1 aliphatic heterocycles. The second kappa shape index (κ2) is 6.43. The van der Waals surface area contributed by atoms with Crippen LogP contribution >= 0.6 is 15.9 Å². The van der Waals surface area contributed by atoms with Gasteiger partial charge in [0.25, 0.3) is 5.91 Å². The van der Waals surface area contributed by atoms with Crippen LogP contribution in [-0.2, 0) is 11.3 Å². The van der Waals surface area contributed by atoms with Gasteiger partial charge in [0, 0.05) is 29.8 Å². The summed E-state index contributed by atoms with van der Waals surface area (Å²) in [6.07, 6.45) is 1.88. The van der Waals surface area contributed by atoms with Gasteiger partial charge in [0.1, 0.15) is 5.69 Å². The Labute approximate surface area is 149 Å². The first kappa shape index (κ1) is 16.8. The van der Waals surface area contributed by atoms with Crippen molar-refractivity contribution in [3.8, 4) is 0 Å². The zero-order valence-corrected chi connectivity index (χ0v) is 15.2. The molecule has 1 unspecified atom stereocenters. The maximum atomic E-state index is 13.0. The largest absolute Gasteiger partial charge is 0.481 e. The number of halogens is 1. The van der Waals surface area contributed by atoms with E-state index < -0.39 is 11.9 Å². The molecule has 1 aromatic heterocycles. The Morgan fingerprint density at radius 1 is 1.29 bits per heavy atom. The number of benzene rings is 1. The summed E-state index contributed by atoms with van der Waals surface area (Å²) in [5.74, 6) is -1.74. The van der Waals surface area contributed by atoms with Gasteiger partial charge >= 0.3 is 5.97 Å². The highest BCUT2D eigenvalue weighted by atomic mass is 79.9. The summed E-state index contributed by atoms with van der Waals surface area (Å²) in [6.45, 7) is 4.63. The molecule has 6 heteroatoms. The van der Waals surface area contributed by atoms with Crippen LogP contribution in [0, 0.1) is 0 Å². The highest BCUT2D eigenvalue weighted by Gasteiger charge is 2.33. The molecule has 0 fully saturated rings. The molecule has 0 bridgehead atoms. The molecule has 1 aromatic carbocycles. The van der Waals surface area contributed by atoms with Crippen LogP contribution in [0.2, 0.25) is 0 Å². The Morgan fingerprint density at radius 3 is 2.67 bits per heavy atom. The summed E-state index contributed by atoms with van der Waals surface area (Å²) in [4.78, 5) is 26.3. The van der Waals surface area contributed by atoms with E-state index in [1.54, 1.807) is 11.0 Å². The fourth-order valence-electron chi connectivity index (χ4n) is 3.18. The summed E-state index contributed by atoms with van der Waals surface area (Å²) >= 11 is 3.42. The number of nitrogens with zero attached hydrogens (tertiary/aromatic N) is 2. The average Bonchev–Trinajstić information content (AvgIpc) is 2.95. The van der Waals surface area contributed by atoms with Crippen LogP contribution in [-0.4, -0.2) is 33.0 Å². The Morgan fingerprint density at radius 2 is 2.00 bits per heavy atom. The number of carbonyl (C=O) groups is 2. The molecule has 0 saturated heterocycles.